The van der Waals surface area contributed by atoms with Crippen molar-refractivity contribution in [3.63, 3.8) is 0 Å². The third-order valence-corrected chi connectivity index (χ3v) is 2.96. The molecule has 0 bridgehead atoms. The molecule has 0 radical (unpaired) electrons. The highest BCUT2D eigenvalue weighted by Gasteiger charge is 2.14. The van der Waals surface area contributed by atoms with Crippen molar-refractivity contribution in [1.29, 1.82) is 0 Å². The molecule has 0 amide bonds. The van der Waals surface area contributed by atoms with Gasteiger partial charge in [0.05, 0.1) is 4.92 Å². The zero-order chi connectivity index (χ0) is 14.7. The lowest BCUT2D eigenvalue weighted by atomic mass is 10.1. The molecule has 0 aromatic heterocycles. The van der Waals surface area contributed by atoms with E-state index in [1.54, 1.807) is 12.1 Å². The van der Waals surface area contributed by atoms with Crippen molar-refractivity contribution in [3.8, 4) is 5.75 Å². The molecular formula is C15H16N2O3. The molecule has 0 aliphatic carbocycles. The first-order valence-corrected chi connectivity index (χ1v) is 6.20. The van der Waals surface area contributed by atoms with Gasteiger partial charge in [0.1, 0.15) is 18.0 Å². The van der Waals surface area contributed by atoms with Gasteiger partial charge in [-0.15, -0.1) is 0 Å². The summed E-state index contributed by atoms with van der Waals surface area (Å²) in [5.74, 6) is 0.730. The Morgan fingerprint density at radius 3 is 2.45 bits per heavy atom. The van der Waals surface area contributed by atoms with Crippen LogP contribution in [0, 0.1) is 24.0 Å². The van der Waals surface area contributed by atoms with Crippen molar-refractivity contribution in [2.75, 3.05) is 5.73 Å². The molecule has 0 aliphatic rings. The second-order valence-corrected chi connectivity index (χ2v) is 4.72. The molecule has 5 nitrogen and oxygen atoms in total. The number of hydrogen-bond donors (Lipinski definition) is 1. The van der Waals surface area contributed by atoms with Gasteiger partial charge in [0.15, 0.2) is 0 Å². The number of para-hydroxylation sites is 1. The number of nitrogens with two attached hydrogens (primary N) is 1. The minimum Gasteiger partial charge on any atom is -0.489 e. The van der Waals surface area contributed by atoms with Crippen LogP contribution in [0.15, 0.2) is 36.4 Å². The molecule has 2 rings (SSSR count). The largest absolute Gasteiger partial charge is 0.489 e. The van der Waals surface area contributed by atoms with E-state index in [1.807, 2.05) is 26.0 Å². The standard InChI is InChI=1S/C15H16N2O3/c1-10-6-11(2)8-13(7-10)20-9-12-4-3-5-14(15(12)16)17(18)19/h3-8H,9,16H2,1-2H3. The molecule has 0 heterocycles. The number of nitro benzene ring substituents is 1. The minimum absolute atomic E-state index is 0.0912. The Balaban J connectivity index is 2.19. The maximum absolute atomic E-state index is 10.8. The van der Waals surface area contributed by atoms with E-state index < -0.39 is 4.92 Å². The summed E-state index contributed by atoms with van der Waals surface area (Å²) in [6.45, 7) is 4.18. The topological polar surface area (TPSA) is 78.4 Å². The van der Waals surface area contributed by atoms with Gasteiger partial charge in [0, 0.05) is 11.6 Å². The first-order chi connectivity index (χ1) is 9.47. The lowest BCUT2D eigenvalue weighted by molar-refractivity contribution is -0.384. The Hall–Kier alpha value is -2.56. The van der Waals surface area contributed by atoms with Crippen LogP contribution >= 0.6 is 0 Å². The average molecular weight is 272 g/mol. The minimum atomic E-state index is -0.490. The van der Waals surface area contributed by atoms with Crippen LogP contribution in [0.1, 0.15) is 16.7 Å². The fourth-order valence-electron chi connectivity index (χ4n) is 2.06. The molecule has 2 aromatic rings. The molecule has 0 saturated heterocycles. The van der Waals surface area contributed by atoms with E-state index in [0.717, 1.165) is 16.9 Å². The Morgan fingerprint density at radius 1 is 1.20 bits per heavy atom. The number of nitrogens with zero attached hydrogens (tertiary/aromatic N) is 1. The van der Waals surface area contributed by atoms with E-state index >= 15 is 0 Å². The Morgan fingerprint density at radius 2 is 1.85 bits per heavy atom. The summed E-state index contributed by atoms with van der Waals surface area (Å²) in [6.07, 6.45) is 0. The van der Waals surface area contributed by atoms with Gasteiger partial charge in [-0.1, -0.05) is 18.2 Å². The van der Waals surface area contributed by atoms with Crippen LogP contribution in [0.25, 0.3) is 0 Å². The van der Waals surface area contributed by atoms with Crippen LogP contribution in [-0.2, 0) is 6.61 Å². The fraction of sp³-hybridized carbons (Fsp3) is 0.200. The molecule has 20 heavy (non-hydrogen) atoms. The number of rotatable bonds is 4. The normalized spacial score (nSPS) is 10.3. The second kappa shape index (κ2) is 5.61. The quantitative estimate of drug-likeness (QED) is 0.525. The van der Waals surface area contributed by atoms with Crippen LogP contribution < -0.4 is 10.5 Å². The Bertz CT molecular complexity index is 633. The third kappa shape index (κ3) is 3.06. The van der Waals surface area contributed by atoms with E-state index in [2.05, 4.69) is 6.07 Å². The number of nitrogen functional groups attached to an aromatic ring is 1. The smallest absolute Gasteiger partial charge is 0.292 e. The van der Waals surface area contributed by atoms with Gasteiger partial charge < -0.3 is 10.5 Å². The molecule has 0 fully saturated rings. The molecule has 0 saturated carbocycles. The van der Waals surface area contributed by atoms with E-state index in [0.29, 0.717) is 5.56 Å². The molecule has 0 spiro atoms. The summed E-state index contributed by atoms with van der Waals surface area (Å²) < 4.78 is 5.67. The SMILES string of the molecule is Cc1cc(C)cc(OCc2cccc([N+](=O)[O-])c2N)c1. The molecule has 0 aliphatic heterocycles. The molecule has 0 atom stereocenters. The summed E-state index contributed by atoms with van der Waals surface area (Å²) in [7, 11) is 0. The Labute approximate surface area is 117 Å². The van der Waals surface area contributed by atoms with Crippen LogP contribution in [0.2, 0.25) is 0 Å². The van der Waals surface area contributed by atoms with Gasteiger partial charge >= 0.3 is 0 Å². The molecule has 2 aromatic carbocycles. The fourth-order valence-corrected chi connectivity index (χ4v) is 2.06. The van der Waals surface area contributed by atoms with Crippen molar-refractivity contribution in [2.45, 2.75) is 20.5 Å². The van der Waals surface area contributed by atoms with E-state index in [1.165, 1.54) is 6.07 Å². The van der Waals surface area contributed by atoms with Gasteiger partial charge in [-0.3, -0.25) is 10.1 Å². The number of aryl methyl sites for hydroxylation is 2. The van der Waals surface area contributed by atoms with Gasteiger partial charge in [0.2, 0.25) is 0 Å². The zero-order valence-electron chi connectivity index (χ0n) is 11.4. The zero-order valence-corrected chi connectivity index (χ0v) is 11.4. The second-order valence-electron chi connectivity index (χ2n) is 4.72. The van der Waals surface area contributed by atoms with E-state index in [9.17, 15) is 10.1 Å². The highest BCUT2D eigenvalue weighted by Crippen LogP contribution is 2.26. The summed E-state index contributed by atoms with van der Waals surface area (Å²) in [5.41, 5.74) is 8.67. The third-order valence-electron chi connectivity index (χ3n) is 2.96. The number of nitro groups is 1. The molecular weight excluding hydrogens is 256 g/mol. The molecule has 5 heteroatoms. The summed E-state index contributed by atoms with van der Waals surface area (Å²) in [4.78, 5) is 10.3. The van der Waals surface area contributed by atoms with Gasteiger partial charge in [-0.2, -0.15) is 0 Å². The van der Waals surface area contributed by atoms with Crippen molar-refractivity contribution < 1.29 is 9.66 Å². The van der Waals surface area contributed by atoms with Crippen molar-refractivity contribution in [1.82, 2.24) is 0 Å². The van der Waals surface area contributed by atoms with Crippen molar-refractivity contribution in [2.24, 2.45) is 0 Å². The van der Waals surface area contributed by atoms with Crippen LogP contribution in [-0.4, -0.2) is 4.92 Å². The molecule has 0 unspecified atom stereocenters. The van der Waals surface area contributed by atoms with Crippen molar-refractivity contribution >= 4 is 11.4 Å². The lowest BCUT2D eigenvalue weighted by Gasteiger charge is -2.10. The van der Waals surface area contributed by atoms with Crippen LogP contribution in [0.5, 0.6) is 5.75 Å². The highest BCUT2D eigenvalue weighted by atomic mass is 16.6. The van der Waals surface area contributed by atoms with Crippen LogP contribution in [0.4, 0.5) is 11.4 Å². The predicted octanol–water partition coefficient (Wildman–Crippen LogP) is 3.37. The van der Waals surface area contributed by atoms with Crippen molar-refractivity contribution in [3.05, 3.63) is 63.2 Å². The lowest BCUT2D eigenvalue weighted by Crippen LogP contribution is -2.03. The van der Waals surface area contributed by atoms with Gasteiger partial charge in [0.25, 0.3) is 5.69 Å². The number of anilines is 1. The maximum atomic E-state index is 10.8. The first-order valence-electron chi connectivity index (χ1n) is 6.20. The predicted molar refractivity (Wildman–Crippen MR) is 77.8 cm³/mol. The summed E-state index contributed by atoms with van der Waals surface area (Å²) in [6, 6.07) is 10.6. The van der Waals surface area contributed by atoms with Gasteiger partial charge in [-0.25, -0.2) is 0 Å². The van der Waals surface area contributed by atoms with Gasteiger partial charge in [-0.05, 0) is 37.1 Å². The monoisotopic (exact) mass is 272 g/mol. The van der Waals surface area contributed by atoms with E-state index in [4.69, 9.17) is 10.5 Å². The Kier molecular flexibility index (Phi) is 3.89. The van der Waals surface area contributed by atoms with E-state index in [-0.39, 0.29) is 18.0 Å². The summed E-state index contributed by atoms with van der Waals surface area (Å²) >= 11 is 0. The maximum Gasteiger partial charge on any atom is 0.292 e. The number of benzene rings is 2. The summed E-state index contributed by atoms with van der Waals surface area (Å²) in [5, 5.41) is 10.8. The molecule has 2 N–H and O–H groups in total. The number of hydrogen-bond acceptors (Lipinski definition) is 4. The highest BCUT2D eigenvalue weighted by molar-refractivity contribution is 5.62. The molecule has 104 valence electrons. The first kappa shape index (κ1) is 13.9. The van der Waals surface area contributed by atoms with Crippen LogP contribution in [0.3, 0.4) is 0 Å². The number of ether oxygens (including phenoxy) is 1. The average Bonchev–Trinajstić information content (AvgIpc) is 2.36.